The number of amides is 1. The third-order valence-electron chi connectivity index (χ3n) is 2.83. The van der Waals surface area contributed by atoms with E-state index >= 15 is 0 Å². The fourth-order valence-electron chi connectivity index (χ4n) is 1.88. The first-order chi connectivity index (χ1) is 9.70. The normalized spacial score (nSPS) is 10.3. The maximum atomic E-state index is 12.2. The lowest BCUT2D eigenvalue weighted by atomic mass is 10.1. The van der Waals surface area contributed by atoms with Crippen LogP contribution in [-0.4, -0.2) is 29.1 Å². The zero-order chi connectivity index (χ0) is 14.4. The van der Waals surface area contributed by atoms with E-state index in [1.165, 1.54) is 6.39 Å². The zero-order valence-electron chi connectivity index (χ0n) is 11.6. The third kappa shape index (κ3) is 3.57. The van der Waals surface area contributed by atoms with Gasteiger partial charge in [0.15, 0.2) is 5.82 Å². The highest BCUT2D eigenvalue weighted by atomic mass is 16.5. The molecule has 2 aromatic rings. The van der Waals surface area contributed by atoms with E-state index in [-0.39, 0.29) is 5.91 Å². The fraction of sp³-hybridized carbons (Fsp3) is 0.357. The molecule has 0 saturated heterocycles. The van der Waals surface area contributed by atoms with Gasteiger partial charge in [-0.25, -0.2) is 0 Å². The number of hydrogen-bond acceptors (Lipinski definition) is 5. The summed E-state index contributed by atoms with van der Waals surface area (Å²) >= 11 is 0. The van der Waals surface area contributed by atoms with E-state index in [0.29, 0.717) is 24.4 Å². The first-order valence-electron chi connectivity index (χ1n) is 6.58. The SMILES string of the molecule is CCNc1ccc(C)cc1C(=O)NCCc1ncon1. The highest BCUT2D eigenvalue weighted by Crippen LogP contribution is 2.17. The molecular weight excluding hydrogens is 256 g/mol. The molecule has 0 saturated carbocycles. The second kappa shape index (κ2) is 6.70. The smallest absolute Gasteiger partial charge is 0.253 e. The standard InChI is InChI=1S/C14H18N4O2/c1-3-15-12-5-4-10(2)8-11(12)14(19)16-7-6-13-17-9-20-18-13/h4-5,8-9,15H,3,6-7H2,1-2H3,(H,16,19). The number of carbonyl (C=O) groups excluding carboxylic acids is 1. The minimum atomic E-state index is -0.104. The first-order valence-corrected chi connectivity index (χ1v) is 6.58. The summed E-state index contributed by atoms with van der Waals surface area (Å²) in [5.41, 5.74) is 2.55. The van der Waals surface area contributed by atoms with Gasteiger partial charge in [-0.2, -0.15) is 4.98 Å². The van der Waals surface area contributed by atoms with Crippen molar-refractivity contribution >= 4 is 11.6 Å². The Hall–Kier alpha value is -2.37. The topological polar surface area (TPSA) is 80.0 Å². The van der Waals surface area contributed by atoms with Gasteiger partial charge in [-0.15, -0.1) is 0 Å². The van der Waals surface area contributed by atoms with E-state index in [1.807, 2.05) is 32.0 Å². The summed E-state index contributed by atoms with van der Waals surface area (Å²) in [4.78, 5) is 16.1. The van der Waals surface area contributed by atoms with Crippen molar-refractivity contribution in [1.82, 2.24) is 15.5 Å². The van der Waals surface area contributed by atoms with Gasteiger partial charge >= 0.3 is 0 Å². The number of rotatable bonds is 6. The minimum Gasteiger partial charge on any atom is -0.385 e. The molecule has 6 nitrogen and oxygen atoms in total. The van der Waals surface area contributed by atoms with Gasteiger partial charge in [0, 0.05) is 25.2 Å². The van der Waals surface area contributed by atoms with Crippen LogP contribution in [-0.2, 0) is 6.42 Å². The summed E-state index contributed by atoms with van der Waals surface area (Å²) in [5, 5.41) is 9.75. The fourth-order valence-corrected chi connectivity index (χ4v) is 1.88. The van der Waals surface area contributed by atoms with Gasteiger partial charge in [0.2, 0.25) is 6.39 Å². The van der Waals surface area contributed by atoms with Crippen LogP contribution in [0, 0.1) is 6.92 Å². The Morgan fingerprint density at radius 3 is 2.95 bits per heavy atom. The lowest BCUT2D eigenvalue weighted by Gasteiger charge is -2.11. The van der Waals surface area contributed by atoms with Gasteiger partial charge in [-0.05, 0) is 26.0 Å². The molecule has 6 heteroatoms. The molecule has 20 heavy (non-hydrogen) atoms. The number of aromatic nitrogens is 2. The van der Waals surface area contributed by atoms with Crippen LogP contribution >= 0.6 is 0 Å². The molecule has 1 heterocycles. The van der Waals surface area contributed by atoms with Crippen molar-refractivity contribution in [3.05, 3.63) is 41.5 Å². The van der Waals surface area contributed by atoms with Gasteiger partial charge in [0.25, 0.3) is 5.91 Å². The average Bonchev–Trinajstić information content (AvgIpc) is 2.94. The van der Waals surface area contributed by atoms with Crippen LogP contribution < -0.4 is 10.6 Å². The molecule has 0 unspecified atom stereocenters. The zero-order valence-corrected chi connectivity index (χ0v) is 11.6. The molecular formula is C14H18N4O2. The van der Waals surface area contributed by atoms with Crippen LogP contribution in [0.1, 0.15) is 28.7 Å². The number of anilines is 1. The predicted octanol–water partition coefficient (Wildman–Crippen LogP) is 1.78. The Morgan fingerprint density at radius 1 is 1.40 bits per heavy atom. The molecule has 0 fully saturated rings. The Kier molecular flexibility index (Phi) is 4.70. The molecule has 2 rings (SSSR count). The maximum Gasteiger partial charge on any atom is 0.253 e. The Labute approximate surface area is 117 Å². The van der Waals surface area contributed by atoms with E-state index in [1.54, 1.807) is 0 Å². The van der Waals surface area contributed by atoms with Gasteiger partial charge in [-0.1, -0.05) is 16.8 Å². The number of carbonyl (C=O) groups is 1. The summed E-state index contributed by atoms with van der Waals surface area (Å²) in [6, 6.07) is 5.78. The summed E-state index contributed by atoms with van der Waals surface area (Å²) in [7, 11) is 0. The van der Waals surface area contributed by atoms with Crippen molar-refractivity contribution in [3.63, 3.8) is 0 Å². The number of nitrogens with one attached hydrogen (secondary N) is 2. The minimum absolute atomic E-state index is 0.104. The summed E-state index contributed by atoms with van der Waals surface area (Å²) in [6.45, 7) is 5.20. The molecule has 2 N–H and O–H groups in total. The van der Waals surface area contributed by atoms with Gasteiger partial charge in [-0.3, -0.25) is 4.79 Å². The summed E-state index contributed by atoms with van der Waals surface area (Å²) < 4.78 is 4.64. The van der Waals surface area contributed by atoms with Crippen molar-refractivity contribution in [2.45, 2.75) is 20.3 Å². The lowest BCUT2D eigenvalue weighted by Crippen LogP contribution is -2.27. The van der Waals surface area contributed by atoms with Gasteiger partial charge in [0.05, 0.1) is 5.56 Å². The third-order valence-corrected chi connectivity index (χ3v) is 2.83. The second-order valence-electron chi connectivity index (χ2n) is 4.43. The number of nitrogens with zero attached hydrogens (tertiary/aromatic N) is 2. The van der Waals surface area contributed by atoms with E-state index in [0.717, 1.165) is 17.8 Å². The summed E-state index contributed by atoms with van der Waals surface area (Å²) in [6.07, 6.45) is 1.82. The Morgan fingerprint density at radius 2 is 2.25 bits per heavy atom. The molecule has 106 valence electrons. The molecule has 0 aliphatic heterocycles. The highest BCUT2D eigenvalue weighted by molar-refractivity contribution is 5.99. The maximum absolute atomic E-state index is 12.2. The van der Waals surface area contributed by atoms with Crippen LogP contribution in [0.4, 0.5) is 5.69 Å². The largest absolute Gasteiger partial charge is 0.385 e. The van der Waals surface area contributed by atoms with Gasteiger partial charge < -0.3 is 15.2 Å². The van der Waals surface area contributed by atoms with Crippen molar-refractivity contribution in [2.75, 3.05) is 18.4 Å². The van der Waals surface area contributed by atoms with Crippen LogP contribution in [0.3, 0.4) is 0 Å². The van der Waals surface area contributed by atoms with Crippen LogP contribution in [0.15, 0.2) is 29.1 Å². The average molecular weight is 274 g/mol. The molecule has 0 atom stereocenters. The van der Waals surface area contributed by atoms with Gasteiger partial charge in [0.1, 0.15) is 0 Å². The number of benzene rings is 1. The van der Waals surface area contributed by atoms with E-state index < -0.39 is 0 Å². The molecule has 1 aromatic carbocycles. The lowest BCUT2D eigenvalue weighted by molar-refractivity contribution is 0.0954. The first kappa shape index (κ1) is 14.0. The Bertz CT molecular complexity index is 567. The monoisotopic (exact) mass is 274 g/mol. The Balaban J connectivity index is 1.99. The van der Waals surface area contributed by atoms with E-state index in [2.05, 4.69) is 25.3 Å². The summed E-state index contributed by atoms with van der Waals surface area (Å²) in [5.74, 6) is 0.481. The van der Waals surface area contributed by atoms with Crippen molar-refractivity contribution in [2.24, 2.45) is 0 Å². The molecule has 1 amide bonds. The molecule has 1 aromatic heterocycles. The number of hydrogen-bond donors (Lipinski definition) is 2. The van der Waals surface area contributed by atoms with Crippen LogP contribution in [0.5, 0.6) is 0 Å². The molecule has 0 spiro atoms. The van der Waals surface area contributed by atoms with Crippen molar-refractivity contribution < 1.29 is 9.32 Å². The van der Waals surface area contributed by atoms with Crippen molar-refractivity contribution in [1.29, 1.82) is 0 Å². The predicted molar refractivity (Wildman–Crippen MR) is 75.7 cm³/mol. The highest BCUT2D eigenvalue weighted by Gasteiger charge is 2.11. The van der Waals surface area contributed by atoms with Crippen molar-refractivity contribution in [3.8, 4) is 0 Å². The molecule has 0 aliphatic rings. The molecule has 0 bridgehead atoms. The van der Waals surface area contributed by atoms with E-state index in [9.17, 15) is 4.79 Å². The van der Waals surface area contributed by atoms with Crippen LogP contribution in [0.25, 0.3) is 0 Å². The number of aryl methyl sites for hydroxylation is 1. The van der Waals surface area contributed by atoms with Crippen LogP contribution in [0.2, 0.25) is 0 Å². The quantitative estimate of drug-likeness (QED) is 0.839. The second-order valence-corrected chi connectivity index (χ2v) is 4.43. The molecule has 0 radical (unpaired) electrons. The molecule has 0 aliphatic carbocycles. The van der Waals surface area contributed by atoms with E-state index in [4.69, 9.17) is 0 Å².